The molecule has 0 amide bonds. The monoisotopic (exact) mass is 327 g/mol. The normalized spacial score (nSPS) is 13.5. The van der Waals surface area contributed by atoms with Crippen LogP contribution in [0.15, 0.2) is 18.2 Å². The summed E-state index contributed by atoms with van der Waals surface area (Å²) in [6, 6.07) is 3.53. The first-order chi connectivity index (χ1) is 8.98. The van der Waals surface area contributed by atoms with E-state index in [2.05, 4.69) is 0 Å². The van der Waals surface area contributed by atoms with E-state index in [0.29, 0.717) is 5.75 Å². The van der Waals surface area contributed by atoms with Crippen LogP contribution < -0.4 is 10.5 Å². The van der Waals surface area contributed by atoms with Crippen LogP contribution in [0.5, 0.6) is 11.5 Å². The number of rotatable bonds is 4. The fraction of sp³-hybridized carbons (Fsp3) is 0.571. The molecule has 122 valence electrons. The Kier molecular flexibility index (Phi) is 6.83. The van der Waals surface area contributed by atoms with Gasteiger partial charge in [-0.15, -0.1) is 12.4 Å². The van der Waals surface area contributed by atoms with Crippen LogP contribution in [0.25, 0.3) is 0 Å². The van der Waals surface area contributed by atoms with Gasteiger partial charge in [0.25, 0.3) is 0 Å². The molecule has 7 heteroatoms. The lowest BCUT2D eigenvalue weighted by Crippen LogP contribution is -2.23. The molecule has 0 radical (unpaired) electrons. The zero-order valence-corrected chi connectivity index (χ0v) is 13.0. The van der Waals surface area contributed by atoms with Crippen LogP contribution in [0.4, 0.5) is 13.2 Å². The third-order valence-electron chi connectivity index (χ3n) is 2.56. The Balaban J connectivity index is 0.00000400. The molecule has 0 saturated carbocycles. The Morgan fingerprint density at radius 3 is 2.29 bits per heavy atom. The van der Waals surface area contributed by atoms with Gasteiger partial charge in [0.05, 0.1) is 0 Å². The van der Waals surface area contributed by atoms with Gasteiger partial charge in [-0.1, -0.05) is 0 Å². The molecule has 0 spiro atoms. The van der Waals surface area contributed by atoms with Crippen LogP contribution in [-0.2, 0) is 0 Å². The molecule has 0 heterocycles. The summed E-state index contributed by atoms with van der Waals surface area (Å²) in [6.45, 7) is 5.55. The Morgan fingerprint density at radius 1 is 1.24 bits per heavy atom. The lowest BCUT2D eigenvalue weighted by atomic mass is 10.0. The minimum absolute atomic E-state index is 0. The molecule has 1 rings (SSSR count). The van der Waals surface area contributed by atoms with Crippen LogP contribution in [0.1, 0.15) is 45.2 Å². The Morgan fingerprint density at radius 2 is 1.81 bits per heavy atom. The predicted molar refractivity (Wildman–Crippen MR) is 78.0 cm³/mol. The summed E-state index contributed by atoms with van der Waals surface area (Å²) in [7, 11) is 0. The molecule has 0 aliphatic rings. The Bertz CT molecular complexity index is 459. The van der Waals surface area contributed by atoms with E-state index in [4.69, 9.17) is 10.5 Å². The highest BCUT2D eigenvalue weighted by molar-refractivity contribution is 5.85. The maximum absolute atomic E-state index is 12.2. The third-order valence-corrected chi connectivity index (χ3v) is 2.56. The van der Waals surface area contributed by atoms with Crippen LogP contribution in [0, 0.1) is 0 Å². The molecule has 3 N–H and O–H groups in total. The van der Waals surface area contributed by atoms with E-state index in [1.807, 2.05) is 20.8 Å². The second-order valence-electron chi connectivity index (χ2n) is 5.70. The van der Waals surface area contributed by atoms with E-state index in [9.17, 15) is 18.3 Å². The molecule has 1 aromatic carbocycles. The van der Waals surface area contributed by atoms with E-state index >= 15 is 0 Å². The number of phenolic OH excluding ortho intramolecular Hbond substituents is 1. The van der Waals surface area contributed by atoms with Crippen molar-refractivity contribution in [3.8, 4) is 11.5 Å². The van der Waals surface area contributed by atoms with Gasteiger partial charge in [-0.25, -0.2) is 0 Å². The van der Waals surface area contributed by atoms with Gasteiger partial charge >= 0.3 is 6.18 Å². The maximum Gasteiger partial charge on any atom is 0.389 e. The van der Waals surface area contributed by atoms with Gasteiger partial charge < -0.3 is 15.6 Å². The molecule has 0 fully saturated rings. The molecule has 1 atom stereocenters. The van der Waals surface area contributed by atoms with Gasteiger partial charge in [-0.05, 0) is 45.4 Å². The van der Waals surface area contributed by atoms with Gasteiger partial charge in [0.2, 0.25) is 0 Å². The summed E-state index contributed by atoms with van der Waals surface area (Å²) in [6.07, 6.45) is -5.53. The molecule has 0 bridgehead atoms. The smallest absolute Gasteiger partial charge is 0.389 e. The second kappa shape index (κ2) is 7.22. The van der Waals surface area contributed by atoms with Crippen molar-refractivity contribution < 1.29 is 23.0 Å². The predicted octanol–water partition coefficient (Wildman–Crippen LogP) is 4.33. The number of aromatic hydroxyl groups is 1. The van der Waals surface area contributed by atoms with E-state index in [1.165, 1.54) is 12.1 Å². The average molecular weight is 328 g/mol. The second-order valence-corrected chi connectivity index (χ2v) is 5.70. The summed E-state index contributed by atoms with van der Waals surface area (Å²) in [5.41, 5.74) is 5.54. The number of benzene rings is 1. The maximum atomic E-state index is 12.2. The summed E-state index contributed by atoms with van der Waals surface area (Å²) < 4.78 is 42.2. The van der Waals surface area contributed by atoms with Crippen molar-refractivity contribution >= 4 is 12.4 Å². The molecule has 1 aromatic rings. The van der Waals surface area contributed by atoms with Gasteiger partial charge in [0.1, 0.15) is 17.1 Å². The number of phenols is 1. The first kappa shape index (κ1) is 19.9. The molecule has 0 aliphatic carbocycles. The molecule has 0 aliphatic heterocycles. The van der Waals surface area contributed by atoms with Crippen LogP contribution >= 0.6 is 12.4 Å². The first-order valence-corrected chi connectivity index (χ1v) is 6.32. The van der Waals surface area contributed by atoms with Crippen LogP contribution in [0.2, 0.25) is 0 Å². The van der Waals surface area contributed by atoms with E-state index in [1.54, 1.807) is 6.07 Å². The first-order valence-electron chi connectivity index (χ1n) is 6.32. The number of nitrogens with two attached hydrogens (primary N) is 1. The molecular weight excluding hydrogens is 307 g/mol. The highest BCUT2D eigenvalue weighted by atomic mass is 35.5. The van der Waals surface area contributed by atoms with E-state index < -0.39 is 24.2 Å². The summed E-state index contributed by atoms with van der Waals surface area (Å²) in [5, 5.41) is 9.72. The van der Waals surface area contributed by atoms with E-state index in [-0.39, 0.29) is 30.1 Å². The fourth-order valence-corrected chi connectivity index (χ4v) is 1.72. The molecule has 3 nitrogen and oxygen atoms in total. The quantitative estimate of drug-likeness (QED) is 0.865. The lowest BCUT2D eigenvalue weighted by Gasteiger charge is -2.23. The average Bonchev–Trinajstić information content (AvgIpc) is 2.25. The molecule has 0 saturated heterocycles. The topological polar surface area (TPSA) is 55.5 Å². The minimum atomic E-state index is -4.26. The fourth-order valence-electron chi connectivity index (χ4n) is 1.72. The van der Waals surface area contributed by atoms with Gasteiger partial charge in [-0.3, -0.25) is 0 Å². The van der Waals surface area contributed by atoms with Crippen molar-refractivity contribution in [2.24, 2.45) is 5.73 Å². The highest BCUT2D eigenvalue weighted by Crippen LogP contribution is 2.33. The van der Waals surface area contributed by atoms with Gasteiger partial charge in [0, 0.05) is 18.0 Å². The largest absolute Gasteiger partial charge is 0.508 e. The lowest BCUT2D eigenvalue weighted by molar-refractivity contribution is -0.136. The molecule has 0 unspecified atom stereocenters. The summed E-state index contributed by atoms with van der Waals surface area (Å²) >= 11 is 0. The van der Waals surface area contributed by atoms with Crippen LogP contribution in [-0.4, -0.2) is 16.9 Å². The van der Waals surface area contributed by atoms with Crippen molar-refractivity contribution in [2.75, 3.05) is 0 Å². The molecule has 0 aromatic heterocycles. The standard InChI is InChI=1S/C14H20F3NO2.ClH/c1-13(2,3)20-9-4-5-12(19)10(8-9)11(18)6-7-14(15,16)17;/h4-5,8,11,19H,6-7,18H2,1-3H3;1H/t11-;/m0./s1. The van der Waals surface area contributed by atoms with Crippen molar-refractivity contribution in [1.29, 1.82) is 0 Å². The van der Waals surface area contributed by atoms with Gasteiger partial charge in [-0.2, -0.15) is 13.2 Å². The Labute approximate surface area is 128 Å². The van der Waals surface area contributed by atoms with Crippen molar-refractivity contribution in [2.45, 2.75) is 51.4 Å². The van der Waals surface area contributed by atoms with E-state index in [0.717, 1.165) is 0 Å². The van der Waals surface area contributed by atoms with Crippen molar-refractivity contribution in [1.82, 2.24) is 0 Å². The number of hydrogen-bond donors (Lipinski definition) is 2. The third kappa shape index (κ3) is 7.43. The SMILES string of the molecule is CC(C)(C)Oc1ccc(O)c([C@@H](N)CCC(F)(F)F)c1.Cl. The highest BCUT2D eigenvalue weighted by Gasteiger charge is 2.28. The van der Waals surface area contributed by atoms with Crippen molar-refractivity contribution in [3.05, 3.63) is 23.8 Å². The Hall–Kier alpha value is -1.14. The minimum Gasteiger partial charge on any atom is -0.508 e. The van der Waals surface area contributed by atoms with Crippen molar-refractivity contribution in [3.63, 3.8) is 0 Å². The summed E-state index contributed by atoms with van der Waals surface area (Å²) in [5.74, 6) is 0.341. The zero-order valence-electron chi connectivity index (χ0n) is 12.2. The summed E-state index contributed by atoms with van der Waals surface area (Å²) in [4.78, 5) is 0. The number of halogens is 4. The molecular formula is C14H21ClF3NO2. The van der Waals surface area contributed by atoms with Gasteiger partial charge in [0.15, 0.2) is 0 Å². The number of alkyl halides is 3. The zero-order chi connectivity index (χ0) is 15.6. The number of hydrogen-bond acceptors (Lipinski definition) is 3. The van der Waals surface area contributed by atoms with Crippen LogP contribution in [0.3, 0.4) is 0 Å². The molecule has 21 heavy (non-hydrogen) atoms. The number of ether oxygens (including phenoxy) is 1.